The van der Waals surface area contributed by atoms with E-state index >= 15 is 0 Å². The Kier molecular flexibility index (Phi) is 5.29. The summed E-state index contributed by atoms with van der Waals surface area (Å²) in [4.78, 5) is 19.2. The number of likely N-dealkylation sites (tertiary alicyclic amines) is 1. The standard InChI is InChI=1S/C22H26F3N5O2/c1-12-18-14(22(23,24)25)9-15(26-19(18)32-28-12)13-7-6-8-30(11-13)20(31)16-10-17(21(2,3)4)27-29(16)5/h9-10,13H,6-8,11H2,1-5H3/t13-/m1/s1. The third-order valence-electron chi connectivity index (χ3n) is 5.94. The number of pyridine rings is 1. The van der Waals surface area contributed by atoms with Crippen LogP contribution in [0.5, 0.6) is 0 Å². The molecule has 4 heterocycles. The van der Waals surface area contributed by atoms with Gasteiger partial charge in [-0.25, -0.2) is 4.98 Å². The second kappa shape index (κ2) is 7.60. The molecule has 0 spiro atoms. The van der Waals surface area contributed by atoms with Crippen LogP contribution in [0.1, 0.15) is 72.7 Å². The lowest BCUT2D eigenvalue weighted by Crippen LogP contribution is -2.40. The first kappa shape index (κ1) is 22.3. The van der Waals surface area contributed by atoms with E-state index in [1.165, 1.54) is 6.92 Å². The summed E-state index contributed by atoms with van der Waals surface area (Å²) in [5.74, 6) is -0.522. The Bertz CT molecular complexity index is 1170. The number of halogens is 3. The fraction of sp³-hybridized carbons (Fsp3) is 0.545. The Morgan fingerprint density at radius 1 is 1.22 bits per heavy atom. The fourth-order valence-electron chi connectivity index (χ4n) is 4.15. The van der Waals surface area contributed by atoms with Gasteiger partial charge in [-0.15, -0.1) is 0 Å². The van der Waals surface area contributed by atoms with Crippen LogP contribution in [-0.2, 0) is 18.6 Å². The van der Waals surface area contributed by atoms with Gasteiger partial charge in [0.15, 0.2) is 0 Å². The number of carbonyl (C=O) groups excluding carboxylic acids is 1. The Labute approximate surface area is 183 Å². The number of piperidine rings is 1. The van der Waals surface area contributed by atoms with Crippen LogP contribution in [0.2, 0.25) is 0 Å². The van der Waals surface area contributed by atoms with Crippen molar-refractivity contribution >= 4 is 17.0 Å². The van der Waals surface area contributed by atoms with Crippen molar-refractivity contribution in [3.05, 3.63) is 40.5 Å². The molecule has 4 rings (SSSR count). The van der Waals surface area contributed by atoms with Crippen molar-refractivity contribution in [2.24, 2.45) is 7.05 Å². The smallest absolute Gasteiger partial charge is 0.337 e. The van der Waals surface area contributed by atoms with E-state index in [1.54, 1.807) is 22.7 Å². The third-order valence-corrected chi connectivity index (χ3v) is 5.94. The average molecular weight is 449 g/mol. The Morgan fingerprint density at radius 3 is 2.56 bits per heavy atom. The van der Waals surface area contributed by atoms with E-state index in [9.17, 15) is 18.0 Å². The molecule has 32 heavy (non-hydrogen) atoms. The maximum absolute atomic E-state index is 13.7. The number of nitrogens with zero attached hydrogens (tertiary/aromatic N) is 5. The first-order valence-electron chi connectivity index (χ1n) is 10.5. The van der Waals surface area contributed by atoms with Gasteiger partial charge in [0.25, 0.3) is 11.6 Å². The molecule has 3 aromatic rings. The number of hydrogen-bond acceptors (Lipinski definition) is 5. The van der Waals surface area contributed by atoms with Crippen LogP contribution in [0.25, 0.3) is 11.1 Å². The lowest BCUT2D eigenvalue weighted by molar-refractivity contribution is -0.136. The first-order valence-corrected chi connectivity index (χ1v) is 10.5. The van der Waals surface area contributed by atoms with Crippen LogP contribution in [0.15, 0.2) is 16.7 Å². The molecule has 1 saturated heterocycles. The van der Waals surface area contributed by atoms with Gasteiger partial charge >= 0.3 is 6.18 Å². The van der Waals surface area contributed by atoms with Crippen molar-refractivity contribution < 1.29 is 22.5 Å². The molecule has 1 fully saturated rings. The monoisotopic (exact) mass is 449 g/mol. The number of hydrogen-bond donors (Lipinski definition) is 0. The molecule has 1 atom stereocenters. The largest absolute Gasteiger partial charge is 0.417 e. The second-order valence-electron chi connectivity index (χ2n) is 9.42. The zero-order valence-electron chi connectivity index (χ0n) is 18.7. The Balaban J connectivity index is 1.64. The number of aromatic nitrogens is 4. The normalized spacial score (nSPS) is 17.9. The van der Waals surface area contributed by atoms with Crippen molar-refractivity contribution in [1.29, 1.82) is 0 Å². The summed E-state index contributed by atoms with van der Waals surface area (Å²) >= 11 is 0. The van der Waals surface area contributed by atoms with Crippen LogP contribution in [0.3, 0.4) is 0 Å². The molecule has 0 saturated carbocycles. The number of alkyl halides is 3. The number of rotatable bonds is 2. The minimum Gasteiger partial charge on any atom is -0.337 e. The van der Waals surface area contributed by atoms with Crippen LogP contribution in [0, 0.1) is 6.92 Å². The van der Waals surface area contributed by atoms with Gasteiger partial charge in [0.1, 0.15) is 5.69 Å². The summed E-state index contributed by atoms with van der Waals surface area (Å²) < 4.78 is 47.8. The number of aryl methyl sites for hydroxylation is 2. The van der Waals surface area contributed by atoms with Crippen molar-refractivity contribution in [3.63, 3.8) is 0 Å². The molecule has 0 unspecified atom stereocenters. The highest BCUT2D eigenvalue weighted by Gasteiger charge is 2.37. The molecule has 10 heteroatoms. The number of fused-ring (bicyclic) bond motifs is 1. The lowest BCUT2D eigenvalue weighted by Gasteiger charge is -2.32. The lowest BCUT2D eigenvalue weighted by atomic mass is 9.91. The molecule has 1 aliphatic rings. The predicted molar refractivity (Wildman–Crippen MR) is 111 cm³/mol. The summed E-state index contributed by atoms with van der Waals surface area (Å²) in [7, 11) is 1.72. The van der Waals surface area contributed by atoms with Gasteiger partial charge in [-0.1, -0.05) is 25.9 Å². The summed E-state index contributed by atoms with van der Waals surface area (Å²) in [6, 6.07) is 2.86. The second-order valence-corrected chi connectivity index (χ2v) is 9.42. The summed E-state index contributed by atoms with van der Waals surface area (Å²) in [5.41, 5.74) is 0.541. The molecule has 0 bridgehead atoms. The van der Waals surface area contributed by atoms with Gasteiger partial charge in [-0.2, -0.15) is 18.3 Å². The maximum atomic E-state index is 13.7. The van der Waals surface area contributed by atoms with Crippen molar-refractivity contribution in [2.45, 2.75) is 58.0 Å². The van der Waals surface area contributed by atoms with E-state index in [1.807, 2.05) is 20.8 Å². The summed E-state index contributed by atoms with van der Waals surface area (Å²) in [5, 5.41) is 8.01. The Hall–Kier alpha value is -2.91. The molecule has 7 nitrogen and oxygen atoms in total. The van der Waals surface area contributed by atoms with E-state index in [0.29, 0.717) is 25.1 Å². The average Bonchev–Trinajstić information content (AvgIpc) is 3.29. The van der Waals surface area contributed by atoms with Gasteiger partial charge in [-0.05, 0) is 31.9 Å². The molecule has 1 aliphatic heterocycles. The minimum atomic E-state index is -4.56. The van der Waals surface area contributed by atoms with Crippen molar-refractivity contribution in [3.8, 4) is 0 Å². The van der Waals surface area contributed by atoms with E-state index in [2.05, 4.69) is 15.2 Å². The zero-order valence-corrected chi connectivity index (χ0v) is 18.7. The van der Waals surface area contributed by atoms with Crippen molar-refractivity contribution in [2.75, 3.05) is 13.1 Å². The predicted octanol–water partition coefficient (Wildman–Crippen LogP) is 4.60. The molecule has 3 aromatic heterocycles. The van der Waals surface area contributed by atoms with Gasteiger partial charge < -0.3 is 9.42 Å². The number of carbonyl (C=O) groups is 1. The molecule has 1 amide bonds. The SMILES string of the molecule is Cc1noc2nc([C@@H]3CCCN(C(=O)c4cc(C(C)(C)C)nn4C)C3)cc(C(F)(F)F)c12. The van der Waals surface area contributed by atoms with Gasteiger partial charge in [0.05, 0.1) is 28.0 Å². The molecule has 0 N–H and O–H groups in total. The van der Waals surface area contributed by atoms with Gasteiger partial charge in [-0.3, -0.25) is 9.48 Å². The third kappa shape index (κ3) is 3.98. The van der Waals surface area contributed by atoms with E-state index in [0.717, 1.165) is 11.8 Å². The van der Waals surface area contributed by atoms with E-state index < -0.39 is 11.7 Å². The molecular weight excluding hydrogens is 423 g/mol. The van der Waals surface area contributed by atoms with E-state index in [4.69, 9.17) is 4.52 Å². The highest BCUT2D eigenvalue weighted by molar-refractivity contribution is 5.93. The highest BCUT2D eigenvalue weighted by Crippen LogP contribution is 2.38. The zero-order chi connectivity index (χ0) is 23.4. The summed E-state index contributed by atoms with van der Waals surface area (Å²) in [6.07, 6.45) is -3.27. The Morgan fingerprint density at radius 2 is 1.94 bits per heavy atom. The first-order chi connectivity index (χ1) is 14.9. The van der Waals surface area contributed by atoms with Crippen LogP contribution in [-0.4, -0.2) is 43.8 Å². The molecule has 0 aliphatic carbocycles. The van der Waals surface area contributed by atoms with Crippen LogP contribution in [0.4, 0.5) is 13.2 Å². The molecule has 172 valence electrons. The van der Waals surface area contributed by atoms with Crippen LogP contribution >= 0.6 is 0 Å². The molecule has 0 radical (unpaired) electrons. The van der Waals surface area contributed by atoms with E-state index in [-0.39, 0.29) is 46.3 Å². The van der Waals surface area contributed by atoms with Gasteiger partial charge in [0.2, 0.25) is 0 Å². The quantitative estimate of drug-likeness (QED) is 0.572. The fourth-order valence-corrected chi connectivity index (χ4v) is 4.15. The van der Waals surface area contributed by atoms with Crippen molar-refractivity contribution in [1.82, 2.24) is 24.8 Å². The summed E-state index contributed by atoms with van der Waals surface area (Å²) in [6.45, 7) is 8.32. The number of amides is 1. The van der Waals surface area contributed by atoms with Crippen LogP contribution < -0.4 is 0 Å². The topological polar surface area (TPSA) is 77.1 Å². The molecule has 0 aromatic carbocycles. The maximum Gasteiger partial charge on any atom is 0.417 e. The highest BCUT2D eigenvalue weighted by atomic mass is 19.4. The molecular formula is C22H26F3N5O2. The minimum absolute atomic E-state index is 0.116. The van der Waals surface area contributed by atoms with Gasteiger partial charge in [0, 0.05) is 31.5 Å².